The molecule has 0 aromatic heterocycles. The molecule has 1 aliphatic heterocycles. The first-order chi connectivity index (χ1) is 11.1. The largest absolute Gasteiger partial charge is 0.480 e. The monoisotopic (exact) mass is 321 g/mol. The van der Waals surface area contributed by atoms with Crippen LogP contribution in [0.4, 0.5) is 4.39 Å². The minimum Gasteiger partial charge on any atom is -0.480 e. The molecule has 1 fully saturated rings. The minimum atomic E-state index is -1.02. The Kier molecular flexibility index (Phi) is 6.29. The number of carbonyl (C=O) groups excluding carboxylic acids is 1. The number of aliphatic carboxylic acids is 1. The summed E-state index contributed by atoms with van der Waals surface area (Å²) in [6.45, 7) is 0.785. The summed E-state index contributed by atoms with van der Waals surface area (Å²) in [6.07, 6.45) is 4.81. The van der Waals surface area contributed by atoms with Gasteiger partial charge in [-0.15, -0.1) is 0 Å². The fourth-order valence-corrected chi connectivity index (χ4v) is 2.55. The van der Waals surface area contributed by atoms with Crippen molar-refractivity contribution < 1.29 is 23.8 Å². The second-order valence-electron chi connectivity index (χ2n) is 5.42. The number of halogens is 1. The van der Waals surface area contributed by atoms with Gasteiger partial charge in [0, 0.05) is 25.7 Å². The summed E-state index contributed by atoms with van der Waals surface area (Å²) in [6, 6.07) is 5.83. The van der Waals surface area contributed by atoms with Crippen molar-refractivity contribution in [2.45, 2.75) is 25.3 Å². The Balaban J connectivity index is 1.96. The van der Waals surface area contributed by atoms with Gasteiger partial charge < -0.3 is 14.7 Å². The van der Waals surface area contributed by atoms with Gasteiger partial charge in [0.05, 0.1) is 0 Å². The summed E-state index contributed by atoms with van der Waals surface area (Å²) in [4.78, 5) is 24.8. The van der Waals surface area contributed by atoms with Gasteiger partial charge in [-0.05, 0) is 30.5 Å². The molecule has 1 aromatic rings. The third kappa shape index (κ3) is 5.49. The van der Waals surface area contributed by atoms with Crippen LogP contribution < -0.4 is 0 Å². The first-order valence-corrected chi connectivity index (χ1v) is 7.57. The van der Waals surface area contributed by atoms with Crippen molar-refractivity contribution in [3.63, 3.8) is 0 Å². The Hall–Kier alpha value is -2.21. The quantitative estimate of drug-likeness (QED) is 0.873. The van der Waals surface area contributed by atoms with Crippen LogP contribution in [0.5, 0.6) is 0 Å². The van der Waals surface area contributed by atoms with Crippen LogP contribution in [0.25, 0.3) is 6.08 Å². The van der Waals surface area contributed by atoms with Crippen molar-refractivity contribution in [3.8, 4) is 0 Å². The molecule has 1 aromatic carbocycles. The molecule has 0 radical (unpaired) electrons. The molecule has 0 aliphatic carbocycles. The zero-order chi connectivity index (χ0) is 16.7. The molecule has 0 unspecified atom stereocenters. The van der Waals surface area contributed by atoms with Gasteiger partial charge in [-0.25, -0.2) is 4.39 Å². The molecule has 0 saturated carbocycles. The number of carboxylic acid groups (broad SMARTS) is 1. The smallest absolute Gasteiger partial charge is 0.323 e. The maximum Gasteiger partial charge on any atom is 0.323 e. The van der Waals surface area contributed by atoms with Crippen LogP contribution in [0, 0.1) is 5.82 Å². The van der Waals surface area contributed by atoms with Gasteiger partial charge in [-0.2, -0.15) is 0 Å². The molecule has 1 heterocycles. The van der Waals surface area contributed by atoms with E-state index in [1.165, 1.54) is 17.0 Å². The zero-order valence-corrected chi connectivity index (χ0v) is 12.8. The topological polar surface area (TPSA) is 66.8 Å². The van der Waals surface area contributed by atoms with Crippen molar-refractivity contribution in [2.75, 3.05) is 19.8 Å². The minimum absolute atomic E-state index is 0.0911. The summed E-state index contributed by atoms with van der Waals surface area (Å²) >= 11 is 0. The number of amides is 1. The molecular formula is C17H20FNO4. The normalized spacial score (nSPS) is 15.7. The summed E-state index contributed by atoms with van der Waals surface area (Å²) in [7, 11) is 0. The average Bonchev–Trinajstić information content (AvgIpc) is 2.55. The SMILES string of the molecule is O=C(O)CN(C(=O)C/C=C/c1ccc(F)cc1)C1CCOCC1. The number of carbonyl (C=O) groups is 2. The van der Waals surface area contributed by atoms with E-state index in [1.807, 2.05) is 0 Å². The summed E-state index contributed by atoms with van der Waals surface area (Å²) in [5.74, 6) is -1.56. The highest BCUT2D eigenvalue weighted by molar-refractivity contribution is 5.83. The lowest BCUT2D eigenvalue weighted by atomic mass is 10.1. The predicted octanol–water partition coefficient (Wildman–Crippen LogP) is 2.32. The zero-order valence-electron chi connectivity index (χ0n) is 12.8. The van der Waals surface area contributed by atoms with Crippen molar-refractivity contribution in [1.29, 1.82) is 0 Å². The maximum absolute atomic E-state index is 12.8. The van der Waals surface area contributed by atoms with Crippen molar-refractivity contribution in [3.05, 3.63) is 41.7 Å². The van der Waals surface area contributed by atoms with Crippen molar-refractivity contribution in [1.82, 2.24) is 4.90 Å². The van der Waals surface area contributed by atoms with Gasteiger partial charge in [0.15, 0.2) is 0 Å². The van der Waals surface area contributed by atoms with Crippen molar-refractivity contribution >= 4 is 18.0 Å². The molecule has 0 spiro atoms. The third-order valence-corrected chi connectivity index (χ3v) is 3.73. The maximum atomic E-state index is 12.8. The average molecular weight is 321 g/mol. The molecule has 1 saturated heterocycles. The Morgan fingerprint density at radius 1 is 1.26 bits per heavy atom. The molecule has 0 bridgehead atoms. The van der Waals surface area contributed by atoms with Crippen LogP contribution in [-0.4, -0.2) is 47.7 Å². The molecule has 6 heteroatoms. The Labute approximate surface area is 134 Å². The molecule has 1 aliphatic rings. The van der Waals surface area contributed by atoms with E-state index in [1.54, 1.807) is 24.3 Å². The van der Waals surface area contributed by atoms with E-state index in [0.717, 1.165) is 5.56 Å². The van der Waals surface area contributed by atoms with Crippen LogP contribution in [0.2, 0.25) is 0 Å². The highest BCUT2D eigenvalue weighted by Crippen LogP contribution is 2.16. The highest BCUT2D eigenvalue weighted by Gasteiger charge is 2.26. The van der Waals surface area contributed by atoms with Crippen LogP contribution in [0.15, 0.2) is 30.3 Å². The summed E-state index contributed by atoms with van der Waals surface area (Å²) in [5, 5.41) is 9.01. The molecule has 1 amide bonds. The van der Waals surface area contributed by atoms with Crippen LogP contribution in [0.3, 0.4) is 0 Å². The number of carboxylic acids is 1. The Morgan fingerprint density at radius 3 is 2.52 bits per heavy atom. The van der Waals surface area contributed by atoms with E-state index in [-0.39, 0.29) is 30.7 Å². The lowest BCUT2D eigenvalue weighted by Crippen LogP contribution is -2.45. The first kappa shape index (κ1) is 17.1. The molecule has 23 heavy (non-hydrogen) atoms. The number of benzene rings is 1. The fraction of sp³-hybridized carbons (Fsp3) is 0.412. The van der Waals surface area contributed by atoms with Crippen LogP contribution in [0.1, 0.15) is 24.8 Å². The van der Waals surface area contributed by atoms with E-state index in [0.29, 0.717) is 26.1 Å². The van der Waals surface area contributed by atoms with Crippen LogP contribution >= 0.6 is 0 Å². The number of hydrogen-bond acceptors (Lipinski definition) is 3. The number of hydrogen-bond donors (Lipinski definition) is 1. The lowest BCUT2D eigenvalue weighted by Gasteiger charge is -2.33. The second-order valence-corrected chi connectivity index (χ2v) is 5.42. The predicted molar refractivity (Wildman–Crippen MR) is 83.2 cm³/mol. The van der Waals surface area contributed by atoms with Gasteiger partial charge in [-0.3, -0.25) is 9.59 Å². The third-order valence-electron chi connectivity index (χ3n) is 3.73. The molecule has 0 atom stereocenters. The molecule has 124 valence electrons. The molecule has 2 rings (SSSR count). The van der Waals surface area contributed by atoms with Crippen LogP contribution in [-0.2, 0) is 14.3 Å². The lowest BCUT2D eigenvalue weighted by molar-refractivity contribution is -0.147. The van der Waals surface area contributed by atoms with Gasteiger partial charge in [-0.1, -0.05) is 24.3 Å². The van der Waals surface area contributed by atoms with E-state index >= 15 is 0 Å². The summed E-state index contributed by atoms with van der Waals surface area (Å²) < 4.78 is 18.1. The molecule has 1 N–H and O–H groups in total. The van der Waals surface area contributed by atoms with Gasteiger partial charge >= 0.3 is 5.97 Å². The van der Waals surface area contributed by atoms with Gasteiger partial charge in [0.1, 0.15) is 12.4 Å². The highest BCUT2D eigenvalue weighted by atomic mass is 19.1. The van der Waals surface area contributed by atoms with Gasteiger partial charge in [0.2, 0.25) is 5.91 Å². The number of rotatable bonds is 6. The fourth-order valence-electron chi connectivity index (χ4n) is 2.55. The Bertz CT molecular complexity index is 564. The van der Waals surface area contributed by atoms with Crippen molar-refractivity contribution in [2.24, 2.45) is 0 Å². The first-order valence-electron chi connectivity index (χ1n) is 7.57. The summed E-state index contributed by atoms with van der Waals surface area (Å²) in [5.41, 5.74) is 0.787. The van der Waals surface area contributed by atoms with E-state index in [2.05, 4.69) is 0 Å². The standard InChI is InChI=1S/C17H20FNO4/c18-14-6-4-13(5-7-14)2-1-3-16(20)19(12-17(21)22)15-8-10-23-11-9-15/h1-2,4-7,15H,3,8-12H2,(H,21,22)/b2-1+. The van der Waals surface area contributed by atoms with Gasteiger partial charge in [0.25, 0.3) is 0 Å². The number of ether oxygens (including phenoxy) is 1. The molecule has 5 nitrogen and oxygen atoms in total. The van der Waals surface area contributed by atoms with E-state index < -0.39 is 5.97 Å². The molecular weight excluding hydrogens is 301 g/mol. The second kappa shape index (κ2) is 8.43. The van der Waals surface area contributed by atoms with E-state index in [4.69, 9.17) is 9.84 Å². The Morgan fingerprint density at radius 2 is 1.91 bits per heavy atom. The number of nitrogens with zero attached hydrogens (tertiary/aromatic N) is 1. The van der Waals surface area contributed by atoms with E-state index in [9.17, 15) is 14.0 Å².